The van der Waals surface area contributed by atoms with E-state index in [1.54, 1.807) is 31.3 Å². The molecule has 0 radical (unpaired) electrons. The third kappa shape index (κ3) is 6.97. The molecule has 0 saturated heterocycles. The minimum Gasteiger partial charge on any atom is -0.463 e. The smallest absolute Gasteiger partial charge is 0.306 e. The molecule has 1 aliphatic carbocycles. The van der Waals surface area contributed by atoms with Crippen molar-refractivity contribution in [3.63, 3.8) is 0 Å². The van der Waals surface area contributed by atoms with Crippen molar-refractivity contribution in [2.45, 2.75) is 77.3 Å². The maximum Gasteiger partial charge on any atom is 0.306 e. The van der Waals surface area contributed by atoms with Gasteiger partial charge in [-0.15, -0.1) is 10.2 Å². The number of ether oxygens (including phenoxy) is 1. The number of halogens is 5. The van der Waals surface area contributed by atoms with Crippen molar-refractivity contribution in [1.82, 2.24) is 39.9 Å². The Morgan fingerprint density at radius 2 is 1.79 bits per heavy atom. The Hall–Kier alpha value is -4.93. The summed E-state index contributed by atoms with van der Waals surface area (Å²) in [6, 6.07) is 10.0. The van der Waals surface area contributed by atoms with E-state index in [2.05, 4.69) is 25.5 Å². The molecule has 1 saturated carbocycles. The lowest BCUT2D eigenvalue weighted by atomic mass is 9.75. The molecule has 2 N–H and O–H groups in total. The minimum absolute atomic E-state index is 0.00201. The van der Waals surface area contributed by atoms with E-state index >= 15 is 0 Å². The Kier molecular flexibility index (Phi) is 9.38. The number of hydrogen-bond donors (Lipinski definition) is 1. The van der Waals surface area contributed by atoms with Gasteiger partial charge in [0.05, 0.1) is 30.2 Å². The van der Waals surface area contributed by atoms with E-state index in [-0.39, 0.29) is 41.5 Å². The molecule has 4 aromatic rings. The highest BCUT2D eigenvalue weighted by molar-refractivity contribution is 6.32. The van der Waals surface area contributed by atoms with Gasteiger partial charge in [0.2, 0.25) is 5.82 Å². The van der Waals surface area contributed by atoms with Crippen LogP contribution in [0.15, 0.2) is 53.8 Å². The summed E-state index contributed by atoms with van der Waals surface area (Å²) in [5.41, 5.74) is 4.47. The predicted octanol–water partition coefficient (Wildman–Crippen LogP) is 5.95. The molecular formula is C34H37ClF4N10O3. The number of carbonyl (C=O) groups excluding carboxylic acids is 2. The summed E-state index contributed by atoms with van der Waals surface area (Å²) in [7, 11) is 1.64. The molecule has 3 heterocycles. The Morgan fingerprint density at radius 1 is 1.10 bits per heavy atom. The van der Waals surface area contributed by atoms with Crippen LogP contribution in [0.25, 0.3) is 17.1 Å². The molecule has 1 aliphatic heterocycles. The zero-order valence-electron chi connectivity index (χ0n) is 29.0. The summed E-state index contributed by atoms with van der Waals surface area (Å²) in [6.07, 6.45) is -2.08. The largest absolute Gasteiger partial charge is 0.463 e. The fourth-order valence-corrected chi connectivity index (χ4v) is 6.79. The van der Waals surface area contributed by atoms with Crippen LogP contribution < -0.4 is 5.73 Å². The zero-order chi connectivity index (χ0) is 37.8. The van der Waals surface area contributed by atoms with Gasteiger partial charge in [-0.2, -0.15) is 9.90 Å². The summed E-state index contributed by atoms with van der Waals surface area (Å²) in [5, 5.41) is 16.1. The molecule has 2 atom stereocenters. The van der Waals surface area contributed by atoms with Crippen LogP contribution in [0.4, 0.5) is 17.6 Å². The highest BCUT2D eigenvalue weighted by Crippen LogP contribution is 2.59. The van der Waals surface area contributed by atoms with Crippen molar-refractivity contribution in [2.24, 2.45) is 28.6 Å². The lowest BCUT2D eigenvalue weighted by Crippen LogP contribution is -2.47. The molecule has 52 heavy (non-hydrogen) atoms. The van der Waals surface area contributed by atoms with Crippen LogP contribution in [0.3, 0.4) is 0 Å². The first-order chi connectivity index (χ1) is 24.3. The van der Waals surface area contributed by atoms with E-state index in [1.165, 1.54) is 27.9 Å². The van der Waals surface area contributed by atoms with Crippen molar-refractivity contribution in [1.29, 1.82) is 0 Å². The number of tetrazole rings is 1. The average Bonchev–Trinajstić information content (AvgIpc) is 3.36. The molecule has 1 amide bonds. The van der Waals surface area contributed by atoms with Gasteiger partial charge in [-0.25, -0.2) is 32.2 Å². The predicted molar refractivity (Wildman–Crippen MR) is 180 cm³/mol. The second kappa shape index (κ2) is 13.2. The number of nitrogens with two attached hydrogens (primary N) is 1. The fourth-order valence-electron chi connectivity index (χ4n) is 6.59. The number of aromatic nitrogens is 7. The number of alkyl halides is 4. The number of amides is 1. The van der Waals surface area contributed by atoms with Crippen molar-refractivity contribution >= 4 is 29.4 Å². The standard InChI is InChI=1S/C34H37ClF4N10O3/c1-31(2,3)17-34(21-9-6-19(7-10-21)27-44-46-47(5)45-27)29(51)48(30(40)43-34)24(16-52-25(50)15-33(12-13-33)32(4,38)39)20-8-11-22(35)23(14-20)49-28(26(36)37)41-18-42-49/h6-11,14,18,24,26H,12-13,15-17H2,1-5H3,(H2,40,43)/t24-,34-/m1/s1. The SMILES string of the molecule is Cn1nnc(-c2ccc([C@@]3(CC(C)(C)C)N=C(N)N([C@H](COC(=O)CC4(C(C)(F)F)CC4)c4ccc(Cl)c(-n5ncnc5C(F)F)c4)C3=O)cc2)n1. The second-order valence-corrected chi connectivity index (χ2v) is 14.9. The first-order valence-corrected chi connectivity index (χ1v) is 16.8. The number of aliphatic imine (C=N–C) groups is 1. The summed E-state index contributed by atoms with van der Waals surface area (Å²) >= 11 is 6.46. The topological polar surface area (TPSA) is 159 Å². The van der Waals surface area contributed by atoms with Crippen molar-refractivity contribution in [2.75, 3.05) is 6.61 Å². The van der Waals surface area contributed by atoms with Gasteiger partial charge in [0.1, 0.15) is 12.9 Å². The normalized spacial score (nSPS) is 19.2. The lowest BCUT2D eigenvalue weighted by Gasteiger charge is -2.35. The summed E-state index contributed by atoms with van der Waals surface area (Å²) in [5.74, 6) is -5.08. The number of guanidine groups is 1. The Bertz CT molecular complexity index is 2020. The number of benzene rings is 2. The molecule has 1 fully saturated rings. The summed E-state index contributed by atoms with van der Waals surface area (Å²) in [6.45, 7) is 6.06. The molecule has 18 heteroatoms. The van der Waals surface area contributed by atoms with E-state index in [9.17, 15) is 27.2 Å². The van der Waals surface area contributed by atoms with Crippen LogP contribution in [0.5, 0.6) is 0 Å². The van der Waals surface area contributed by atoms with Gasteiger partial charge in [-0.1, -0.05) is 62.7 Å². The molecule has 0 bridgehead atoms. The quantitative estimate of drug-likeness (QED) is 0.137. The van der Waals surface area contributed by atoms with Crippen LogP contribution in [0.2, 0.25) is 5.02 Å². The molecular weight excluding hydrogens is 708 g/mol. The number of carbonyl (C=O) groups is 2. The van der Waals surface area contributed by atoms with Gasteiger partial charge in [0.15, 0.2) is 17.3 Å². The van der Waals surface area contributed by atoms with Crippen LogP contribution in [-0.4, -0.2) is 70.2 Å². The van der Waals surface area contributed by atoms with E-state index in [1.807, 2.05) is 20.8 Å². The van der Waals surface area contributed by atoms with E-state index in [0.29, 0.717) is 17.0 Å². The Labute approximate surface area is 301 Å². The van der Waals surface area contributed by atoms with Gasteiger partial charge >= 0.3 is 5.97 Å². The first kappa shape index (κ1) is 36.8. The van der Waals surface area contributed by atoms with Gasteiger partial charge in [-0.3, -0.25) is 14.5 Å². The number of nitrogens with zero attached hydrogens (tertiary/aromatic N) is 9. The molecule has 13 nitrogen and oxygen atoms in total. The highest BCUT2D eigenvalue weighted by Gasteiger charge is 2.60. The van der Waals surface area contributed by atoms with Crippen molar-refractivity contribution < 1.29 is 31.9 Å². The van der Waals surface area contributed by atoms with Crippen molar-refractivity contribution in [3.05, 3.63) is 70.8 Å². The summed E-state index contributed by atoms with van der Waals surface area (Å²) < 4.78 is 62.9. The van der Waals surface area contributed by atoms with Crippen molar-refractivity contribution in [3.8, 4) is 17.1 Å². The number of esters is 1. The Morgan fingerprint density at radius 3 is 2.37 bits per heavy atom. The lowest BCUT2D eigenvalue weighted by molar-refractivity contribution is -0.153. The minimum atomic E-state index is -3.11. The molecule has 0 spiro atoms. The molecule has 2 aromatic heterocycles. The zero-order valence-corrected chi connectivity index (χ0v) is 29.8. The summed E-state index contributed by atoms with van der Waals surface area (Å²) in [4.78, 5) is 39.0. The van der Waals surface area contributed by atoms with Gasteiger partial charge in [-0.05, 0) is 60.1 Å². The van der Waals surface area contributed by atoms with E-state index < -0.39 is 65.5 Å². The Balaban J connectivity index is 1.41. The maximum atomic E-state index is 14.9. The molecule has 2 aliphatic rings. The number of hydrogen-bond acceptors (Lipinski definition) is 10. The average molecular weight is 745 g/mol. The monoisotopic (exact) mass is 744 g/mol. The third-order valence-electron chi connectivity index (χ3n) is 9.37. The molecule has 0 unspecified atom stereocenters. The number of rotatable bonds is 12. The molecule has 6 rings (SSSR count). The first-order valence-electron chi connectivity index (χ1n) is 16.4. The van der Waals surface area contributed by atoms with Crippen LogP contribution in [-0.2, 0) is 26.9 Å². The maximum absolute atomic E-state index is 14.9. The van der Waals surface area contributed by atoms with Gasteiger partial charge < -0.3 is 10.5 Å². The van der Waals surface area contributed by atoms with Crippen LogP contribution >= 0.6 is 11.6 Å². The highest BCUT2D eigenvalue weighted by atomic mass is 35.5. The van der Waals surface area contributed by atoms with Crippen LogP contribution in [0, 0.1) is 10.8 Å². The number of aryl methyl sites for hydroxylation is 1. The van der Waals surface area contributed by atoms with Gasteiger partial charge in [0.25, 0.3) is 18.3 Å². The van der Waals surface area contributed by atoms with Gasteiger partial charge in [0, 0.05) is 11.0 Å². The fraction of sp³-hybridized carbons (Fsp3) is 0.471. The third-order valence-corrected chi connectivity index (χ3v) is 9.69. The molecule has 276 valence electrons. The molecule has 2 aromatic carbocycles. The van der Waals surface area contributed by atoms with E-state index in [0.717, 1.165) is 17.9 Å². The van der Waals surface area contributed by atoms with Crippen LogP contribution in [0.1, 0.15) is 82.8 Å². The second-order valence-electron chi connectivity index (χ2n) is 14.5. The van der Waals surface area contributed by atoms with E-state index in [4.69, 9.17) is 27.1 Å².